The third-order valence-corrected chi connectivity index (χ3v) is 6.11. The third kappa shape index (κ3) is 3.94. The lowest BCUT2D eigenvalue weighted by molar-refractivity contribution is -0.173. The number of aromatic nitrogens is 2. The summed E-state index contributed by atoms with van der Waals surface area (Å²) in [5.41, 5.74) is 1.25. The average Bonchev–Trinajstić information content (AvgIpc) is 3.59. The molecule has 0 bridgehead atoms. The van der Waals surface area contributed by atoms with Crippen molar-refractivity contribution in [3.8, 4) is 23.0 Å². The lowest BCUT2D eigenvalue weighted by Crippen LogP contribution is -2.35. The molecule has 12 heteroatoms. The van der Waals surface area contributed by atoms with E-state index in [0.717, 1.165) is 10.2 Å². The maximum Gasteiger partial charge on any atom is 0.410 e. The van der Waals surface area contributed by atoms with Crippen LogP contribution in [0.2, 0.25) is 0 Å². The predicted molar refractivity (Wildman–Crippen MR) is 115 cm³/mol. The Labute approximate surface area is 196 Å². The van der Waals surface area contributed by atoms with E-state index in [2.05, 4.69) is 15.7 Å². The molecule has 2 N–H and O–H groups in total. The molecule has 0 saturated carbocycles. The number of rotatable bonds is 4. The number of carbonyl (C=O) groups excluding carboxylic acids is 1. The number of carbonyl (C=O) groups is 1. The Morgan fingerprint density at radius 3 is 2.43 bits per heavy atom. The zero-order valence-electron chi connectivity index (χ0n) is 18.1. The first-order valence-electron chi connectivity index (χ1n) is 10.8. The van der Waals surface area contributed by atoms with E-state index in [1.807, 2.05) is 0 Å². The molecule has 0 unspecified atom stereocenters. The number of anilines is 1. The van der Waals surface area contributed by atoms with E-state index in [4.69, 9.17) is 18.9 Å². The van der Waals surface area contributed by atoms with E-state index in [0.29, 0.717) is 28.6 Å². The lowest BCUT2D eigenvalue weighted by Gasteiger charge is -2.33. The number of fused-ring (bicyclic) bond motifs is 3. The maximum absolute atomic E-state index is 14.0. The summed E-state index contributed by atoms with van der Waals surface area (Å²) in [6, 6.07) is 9.03. The number of hydrogen-bond acceptors (Lipinski definition) is 7. The molecule has 6 rings (SSSR count). The standard InChI is InChI=1S/C23H19F3N4O5/c24-23(25,26)20-7-14(13-2-4-17-19(6-13)35-11-33-17)28-21-8-15(29-30(20)21)22(31)27-9-12-1-3-16-18(5-12)34-10-32-16/h1-6,8,14,20,28H,7,9-11H2,(H,27,31)/t14-,20-/m0/s1. The Morgan fingerprint density at radius 2 is 1.69 bits per heavy atom. The molecule has 1 aromatic heterocycles. The highest BCUT2D eigenvalue weighted by Crippen LogP contribution is 2.45. The average molecular weight is 488 g/mol. The van der Waals surface area contributed by atoms with Crippen molar-refractivity contribution < 1.29 is 36.9 Å². The van der Waals surface area contributed by atoms with Crippen molar-refractivity contribution in [2.24, 2.45) is 0 Å². The van der Waals surface area contributed by atoms with Crippen LogP contribution in [0.5, 0.6) is 23.0 Å². The van der Waals surface area contributed by atoms with Crippen LogP contribution in [0.1, 0.15) is 40.1 Å². The fraction of sp³-hybridized carbons (Fsp3) is 0.304. The monoisotopic (exact) mass is 488 g/mol. The molecule has 0 spiro atoms. The van der Waals surface area contributed by atoms with E-state index < -0.39 is 24.2 Å². The number of nitrogens with one attached hydrogen (secondary N) is 2. The van der Waals surface area contributed by atoms with Crippen molar-refractivity contribution in [2.45, 2.75) is 31.2 Å². The summed E-state index contributed by atoms with van der Waals surface area (Å²) in [5.74, 6) is 1.73. The van der Waals surface area contributed by atoms with Crippen molar-refractivity contribution in [2.75, 3.05) is 18.9 Å². The maximum atomic E-state index is 14.0. The number of ether oxygens (including phenoxy) is 4. The molecular weight excluding hydrogens is 469 g/mol. The van der Waals surface area contributed by atoms with Gasteiger partial charge in [-0.1, -0.05) is 12.1 Å². The third-order valence-electron chi connectivity index (χ3n) is 6.11. The van der Waals surface area contributed by atoms with E-state index in [1.54, 1.807) is 36.4 Å². The highest BCUT2D eigenvalue weighted by molar-refractivity contribution is 5.93. The largest absolute Gasteiger partial charge is 0.454 e. The SMILES string of the molecule is O=C(NCc1ccc2c(c1)OCO2)c1cc2n(n1)[C@H](C(F)(F)F)C[C@@H](c1ccc3c(c1)OCO3)N2. The van der Waals surface area contributed by atoms with E-state index in [9.17, 15) is 18.0 Å². The van der Waals surface area contributed by atoms with Gasteiger partial charge >= 0.3 is 6.18 Å². The van der Waals surface area contributed by atoms with Crippen molar-refractivity contribution in [1.82, 2.24) is 15.1 Å². The predicted octanol–water partition coefficient (Wildman–Crippen LogP) is 3.93. The zero-order chi connectivity index (χ0) is 24.2. The first-order chi connectivity index (χ1) is 16.8. The van der Waals surface area contributed by atoms with Gasteiger partial charge in [0.1, 0.15) is 5.82 Å². The summed E-state index contributed by atoms with van der Waals surface area (Å²) in [5, 5.41) is 9.75. The number of nitrogens with zero attached hydrogens (tertiary/aromatic N) is 2. The molecule has 182 valence electrons. The van der Waals surface area contributed by atoms with Crippen LogP contribution in [0.15, 0.2) is 42.5 Å². The van der Waals surface area contributed by atoms with Gasteiger partial charge in [0.15, 0.2) is 34.7 Å². The summed E-state index contributed by atoms with van der Waals surface area (Å²) in [6.45, 7) is 0.346. The van der Waals surface area contributed by atoms with Crippen molar-refractivity contribution >= 4 is 11.7 Å². The van der Waals surface area contributed by atoms with Gasteiger partial charge in [0.2, 0.25) is 13.6 Å². The quantitative estimate of drug-likeness (QED) is 0.575. The van der Waals surface area contributed by atoms with Gasteiger partial charge in [0.25, 0.3) is 5.91 Å². The Morgan fingerprint density at radius 1 is 1.00 bits per heavy atom. The molecule has 0 fully saturated rings. The van der Waals surface area contributed by atoms with Gasteiger partial charge in [-0.2, -0.15) is 18.3 Å². The Kier molecular flexibility index (Phi) is 4.90. The molecule has 2 atom stereocenters. The van der Waals surface area contributed by atoms with Gasteiger partial charge < -0.3 is 29.6 Å². The molecule has 3 aromatic rings. The Bertz CT molecular complexity index is 1310. The summed E-state index contributed by atoms with van der Waals surface area (Å²) < 4.78 is 63.9. The topological polar surface area (TPSA) is 95.9 Å². The van der Waals surface area contributed by atoms with Crippen molar-refractivity contribution in [1.29, 1.82) is 0 Å². The van der Waals surface area contributed by atoms with Crippen molar-refractivity contribution in [3.05, 3.63) is 59.3 Å². The normalized spacial score (nSPS) is 19.7. The Balaban J connectivity index is 1.22. The smallest absolute Gasteiger partial charge is 0.410 e. The first-order valence-corrected chi connectivity index (χ1v) is 10.8. The number of alkyl halides is 3. The molecule has 0 saturated heterocycles. The van der Waals surface area contributed by atoms with Gasteiger partial charge in [-0.25, -0.2) is 4.68 Å². The van der Waals surface area contributed by atoms with Crippen LogP contribution in [0.4, 0.5) is 19.0 Å². The number of benzene rings is 2. The van der Waals surface area contributed by atoms with E-state index in [-0.39, 0.29) is 38.1 Å². The molecule has 1 amide bonds. The summed E-state index contributed by atoms with van der Waals surface area (Å²) in [7, 11) is 0. The van der Waals surface area contributed by atoms with Crippen LogP contribution in [0, 0.1) is 0 Å². The number of amides is 1. The van der Waals surface area contributed by atoms with Crippen LogP contribution >= 0.6 is 0 Å². The van der Waals surface area contributed by atoms with Gasteiger partial charge in [0.05, 0.1) is 6.04 Å². The second-order valence-corrected chi connectivity index (χ2v) is 8.33. The fourth-order valence-corrected chi connectivity index (χ4v) is 4.36. The fourth-order valence-electron chi connectivity index (χ4n) is 4.36. The van der Waals surface area contributed by atoms with Gasteiger partial charge in [-0.15, -0.1) is 0 Å². The molecule has 2 aromatic carbocycles. The molecule has 9 nitrogen and oxygen atoms in total. The van der Waals surface area contributed by atoms with Crippen LogP contribution in [0.3, 0.4) is 0 Å². The van der Waals surface area contributed by atoms with Crippen LogP contribution in [-0.4, -0.2) is 35.4 Å². The number of hydrogen-bond donors (Lipinski definition) is 2. The van der Waals surface area contributed by atoms with E-state index >= 15 is 0 Å². The molecular formula is C23H19F3N4O5. The lowest BCUT2D eigenvalue weighted by atomic mass is 9.96. The molecule has 4 heterocycles. The second-order valence-electron chi connectivity index (χ2n) is 8.33. The molecule has 0 aliphatic carbocycles. The first kappa shape index (κ1) is 21.4. The highest BCUT2D eigenvalue weighted by atomic mass is 19.4. The van der Waals surface area contributed by atoms with Crippen molar-refractivity contribution in [3.63, 3.8) is 0 Å². The summed E-state index contributed by atoms with van der Waals surface area (Å²) in [4.78, 5) is 12.7. The molecule has 0 radical (unpaired) electrons. The zero-order valence-corrected chi connectivity index (χ0v) is 18.1. The highest BCUT2D eigenvalue weighted by Gasteiger charge is 2.47. The minimum atomic E-state index is -4.56. The van der Waals surface area contributed by atoms with E-state index in [1.165, 1.54) is 6.07 Å². The Hall–Kier alpha value is -4.09. The molecule has 3 aliphatic rings. The minimum Gasteiger partial charge on any atom is -0.454 e. The second kappa shape index (κ2) is 8.00. The molecule has 3 aliphatic heterocycles. The summed E-state index contributed by atoms with van der Waals surface area (Å²) in [6.07, 6.45) is -4.85. The van der Waals surface area contributed by atoms with Crippen LogP contribution in [-0.2, 0) is 6.54 Å². The summed E-state index contributed by atoms with van der Waals surface area (Å²) >= 11 is 0. The minimum absolute atomic E-state index is 0.0690. The van der Waals surface area contributed by atoms with Gasteiger partial charge in [-0.05, 0) is 35.4 Å². The number of halogens is 3. The molecule has 35 heavy (non-hydrogen) atoms. The van der Waals surface area contributed by atoms with Gasteiger partial charge in [-0.3, -0.25) is 4.79 Å². The van der Waals surface area contributed by atoms with Crippen LogP contribution < -0.4 is 29.6 Å². The van der Waals surface area contributed by atoms with Crippen LogP contribution in [0.25, 0.3) is 0 Å². The van der Waals surface area contributed by atoms with Gasteiger partial charge in [0, 0.05) is 19.0 Å².